The molecule has 0 spiro atoms. The highest BCUT2D eigenvalue weighted by molar-refractivity contribution is 5.21. The van der Waals surface area contributed by atoms with Crippen LogP contribution in [-0.2, 0) is 9.47 Å². The second-order valence-corrected chi connectivity index (χ2v) is 3.25. The molecule has 1 atom stereocenters. The number of benzene rings is 1. The lowest BCUT2D eigenvalue weighted by molar-refractivity contribution is -0.129. The summed E-state index contributed by atoms with van der Waals surface area (Å²) in [4.78, 5) is 0. The highest BCUT2D eigenvalue weighted by Gasteiger charge is 2.10. The van der Waals surface area contributed by atoms with Crippen LogP contribution in [-0.4, -0.2) is 49.5 Å². The van der Waals surface area contributed by atoms with E-state index in [0.717, 1.165) is 0 Å². The fourth-order valence-electron chi connectivity index (χ4n) is 1.20. The van der Waals surface area contributed by atoms with E-state index in [2.05, 4.69) is 0 Å². The van der Waals surface area contributed by atoms with Crippen molar-refractivity contribution in [3.05, 3.63) is 30.3 Å². The molecule has 0 aliphatic rings. The Morgan fingerprint density at radius 3 is 2.35 bits per heavy atom. The molecule has 1 aromatic rings. The van der Waals surface area contributed by atoms with E-state index in [0.29, 0.717) is 5.75 Å². The number of aliphatic hydroxyl groups is 2. The fraction of sp³-hybridized carbons (Fsp3) is 0.500. The van der Waals surface area contributed by atoms with Crippen molar-refractivity contribution in [2.75, 3.05) is 33.0 Å². The molecule has 0 saturated carbocycles. The molecule has 0 aliphatic carbocycles. The van der Waals surface area contributed by atoms with E-state index >= 15 is 0 Å². The summed E-state index contributed by atoms with van der Waals surface area (Å²) in [6, 6.07) is 9.21. The molecule has 2 N–H and O–H groups in total. The van der Waals surface area contributed by atoms with Crippen molar-refractivity contribution in [1.82, 2.24) is 0 Å². The maximum atomic E-state index is 8.69. The van der Waals surface area contributed by atoms with Gasteiger partial charge in [0, 0.05) is 0 Å². The second kappa shape index (κ2) is 8.95. The summed E-state index contributed by atoms with van der Waals surface area (Å²) >= 11 is 0. The number of hydrogen-bond acceptors (Lipinski definition) is 5. The minimum atomic E-state index is -0.587. The number of ether oxygens (including phenoxy) is 3. The predicted molar refractivity (Wildman–Crippen MR) is 61.8 cm³/mol. The molecule has 1 aromatic carbocycles. The van der Waals surface area contributed by atoms with Gasteiger partial charge in [-0.3, -0.25) is 0 Å². The van der Waals surface area contributed by atoms with Gasteiger partial charge in [-0.05, 0) is 12.1 Å². The van der Waals surface area contributed by atoms with Crippen molar-refractivity contribution < 1.29 is 24.4 Å². The van der Waals surface area contributed by atoms with Crippen LogP contribution < -0.4 is 4.74 Å². The molecule has 1 rings (SSSR count). The number of rotatable bonds is 9. The summed E-state index contributed by atoms with van der Waals surface area (Å²) in [6.07, 6.45) is -0.587. The van der Waals surface area contributed by atoms with Gasteiger partial charge in [-0.1, -0.05) is 18.2 Å². The molecule has 96 valence electrons. The average Bonchev–Trinajstić information content (AvgIpc) is 2.37. The fourth-order valence-corrected chi connectivity index (χ4v) is 1.20. The van der Waals surface area contributed by atoms with Crippen LogP contribution in [0.4, 0.5) is 0 Å². The van der Waals surface area contributed by atoms with Crippen molar-refractivity contribution >= 4 is 0 Å². The molecule has 0 radical (unpaired) electrons. The molecule has 0 amide bonds. The van der Waals surface area contributed by atoms with Gasteiger partial charge >= 0.3 is 0 Å². The smallest absolute Gasteiger partial charge is 0.223 e. The zero-order valence-electron chi connectivity index (χ0n) is 9.62. The predicted octanol–water partition coefficient (Wildman–Crippen LogP) is 0.409. The van der Waals surface area contributed by atoms with E-state index in [1.54, 1.807) is 12.1 Å². The van der Waals surface area contributed by atoms with Crippen molar-refractivity contribution in [2.24, 2.45) is 0 Å². The van der Waals surface area contributed by atoms with E-state index in [9.17, 15) is 0 Å². The Morgan fingerprint density at radius 2 is 1.71 bits per heavy atom. The number of aliphatic hydroxyl groups excluding tert-OH is 2. The largest absolute Gasteiger partial charge is 0.462 e. The van der Waals surface area contributed by atoms with E-state index in [1.165, 1.54) is 0 Å². The summed E-state index contributed by atoms with van der Waals surface area (Å²) in [5.41, 5.74) is 0. The topological polar surface area (TPSA) is 68.2 Å². The van der Waals surface area contributed by atoms with Gasteiger partial charge < -0.3 is 24.4 Å². The van der Waals surface area contributed by atoms with Crippen molar-refractivity contribution in [3.63, 3.8) is 0 Å². The summed E-state index contributed by atoms with van der Waals surface area (Å²) < 4.78 is 15.9. The van der Waals surface area contributed by atoms with Crippen LogP contribution in [0.5, 0.6) is 5.75 Å². The first-order valence-corrected chi connectivity index (χ1v) is 5.49. The minimum Gasteiger partial charge on any atom is -0.462 e. The summed E-state index contributed by atoms with van der Waals surface area (Å²) in [7, 11) is 0. The SMILES string of the molecule is OCCOCC(OCCO)Oc1ccccc1. The van der Waals surface area contributed by atoms with Crippen molar-refractivity contribution in [2.45, 2.75) is 6.29 Å². The second-order valence-electron chi connectivity index (χ2n) is 3.25. The van der Waals surface area contributed by atoms with E-state index < -0.39 is 6.29 Å². The standard InChI is InChI=1S/C12H18O5/c13-6-8-15-10-12(16-9-7-14)17-11-4-2-1-3-5-11/h1-5,12-14H,6-10H2. The van der Waals surface area contributed by atoms with Crippen LogP contribution in [0.2, 0.25) is 0 Å². The van der Waals surface area contributed by atoms with Crippen molar-refractivity contribution in [1.29, 1.82) is 0 Å². The molecule has 5 heteroatoms. The van der Waals surface area contributed by atoms with Gasteiger partial charge in [-0.25, -0.2) is 0 Å². The monoisotopic (exact) mass is 242 g/mol. The highest BCUT2D eigenvalue weighted by atomic mass is 16.7. The molecule has 17 heavy (non-hydrogen) atoms. The van der Waals surface area contributed by atoms with Crippen molar-refractivity contribution in [3.8, 4) is 5.75 Å². The van der Waals surface area contributed by atoms with E-state index in [-0.39, 0.29) is 33.0 Å². The Morgan fingerprint density at radius 1 is 1.00 bits per heavy atom. The molecule has 0 fully saturated rings. The Hall–Kier alpha value is -1.14. The molecule has 0 bridgehead atoms. The van der Waals surface area contributed by atoms with Gasteiger partial charge in [0.1, 0.15) is 12.4 Å². The molecule has 0 aromatic heterocycles. The molecule has 0 saturated heterocycles. The van der Waals surface area contributed by atoms with Gasteiger partial charge in [-0.2, -0.15) is 0 Å². The highest BCUT2D eigenvalue weighted by Crippen LogP contribution is 2.11. The Balaban J connectivity index is 2.39. The summed E-state index contributed by atoms with van der Waals surface area (Å²) in [5.74, 6) is 0.669. The van der Waals surface area contributed by atoms with Crippen LogP contribution in [0.15, 0.2) is 30.3 Å². The van der Waals surface area contributed by atoms with Crippen LogP contribution in [0.25, 0.3) is 0 Å². The Bertz CT molecular complexity index is 277. The molecular formula is C12H18O5. The van der Waals surface area contributed by atoms with E-state index in [4.69, 9.17) is 24.4 Å². The third kappa shape index (κ3) is 6.23. The molecule has 5 nitrogen and oxygen atoms in total. The van der Waals surface area contributed by atoms with E-state index in [1.807, 2.05) is 18.2 Å². The van der Waals surface area contributed by atoms with Crippen LogP contribution in [0, 0.1) is 0 Å². The maximum absolute atomic E-state index is 8.69. The van der Waals surface area contributed by atoms with Gasteiger partial charge in [0.15, 0.2) is 0 Å². The van der Waals surface area contributed by atoms with Crippen LogP contribution in [0.3, 0.4) is 0 Å². The molecule has 0 heterocycles. The first-order chi connectivity index (χ1) is 8.36. The maximum Gasteiger partial charge on any atom is 0.223 e. The van der Waals surface area contributed by atoms with Crippen LogP contribution >= 0.6 is 0 Å². The third-order valence-electron chi connectivity index (χ3n) is 1.90. The lowest BCUT2D eigenvalue weighted by atomic mass is 10.3. The zero-order valence-corrected chi connectivity index (χ0v) is 9.62. The van der Waals surface area contributed by atoms with Crippen LogP contribution in [0.1, 0.15) is 0 Å². The quantitative estimate of drug-likeness (QED) is 0.485. The zero-order chi connectivity index (χ0) is 12.3. The normalized spacial score (nSPS) is 12.4. The summed E-state index contributed by atoms with van der Waals surface area (Å²) in [6.45, 7) is 0.499. The van der Waals surface area contributed by atoms with Gasteiger partial charge in [0.05, 0.1) is 26.4 Å². The Kier molecular flexibility index (Phi) is 7.33. The van der Waals surface area contributed by atoms with Gasteiger partial charge in [0.25, 0.3) is 0 Å². The molecule has 1 unspecified atom stereocenters. The average molecular weight is 242 g/mol. The first kappa shape index (κ1) is 13.9. The Labute approximate surface area is 101 Å². The lowest BCUT2D eigenvalue weighted by Gasteiger charge is -2.19. The van der Waals surface area contributed by atoms with Gasteiger partial charge in [0.2, 0.25) is 6.29 Å². The third-order valence-corrected chi connectivity index (χ3v) is 1.90. The van der Waals surface area contributed by atoms with Gasteiger partial charge in [-0.15, -0.1) is 0 Å². The summed E-state index contributed by atoms with van der Waals surface area (Å²) in [5, 5.41) is 17.3. The minimum absolute atomic E-state index is 0.0436. The molecule has 0 aliphatic heterocycles. The number of para-hydroxylation sites is 1. The molecular weight excluding hydrogens is 224 g/mol. The number of hydrogen-bond donors (Lipinski definition) is 2. The lowest BCUT2D eigenvalue weighted by Crippen LogP contribution is -2.28. The first-order valence-electron chi connectivity index (χ1n) is 5.49.